The molecule has 0 unspecified atom stereocenters. The van der Waals surface area contributed by atoms with Crippen LogP contribution in [0, 0.1) is 13.8 Å². The Morgan fingerprint density at radius 2 is 1.81 bits per heavy atom. The van der Waals surface area contributed by atoms with Crippen molar-refractivity contribution in [1.82, 2.24) is 10.7 Å². The molecule has 0 spiro atoms. The molecule has 0 atom stereocenters. The molecule has 0 aliphatic heterocycles. The molecule has 0 fully saturated rings. The van der Waals surface area contributed by atoms with Crippen LogP contribution in [0.5, 0.6) is 11.5 Å². The number of nitrogens with zero attached hydrogens (tertiary/aromatic N) is 1. The van der Waals surface area contributed by atoms with Crippen LogP contribution in [0.1, 0.15) is 30.0 Å². The molecule has 32 heavy (non-hydrogen) atoms. The highest BCUT2D eigenvalue weighted by atomic mass is 16.5. The molecule has 9 heteroatoms. The maximum Gasteiger partial charge on any atom is 0.329 e. The zero-order valence-corrected chi connectivity index (χ0v) is 18.7. The lowest BCUT2D eigenvalue weighted by Crippen LogP contribution is -2.38. The molecule has 0 aliphatic rings. The summed E-state index contributed by atoms with van der Waals surface area (Å²) in [6.45, 7) is 5.97. The van der Waals surface area contributed by atoms with Crippen LogP contribution in [0.4, 0.5) is 5.69 Å². The fraction of sp³-hybridized carbons (Fsp3) is 0.304. The first-order valence-corrected chi connectivity index (χ1v) is 10.1. The van der Waals surface area contributed by atoms with E-state index in [2.05, 4.69) is 21.2 Å². The van der Waals surface area contributed by atoms with Crippen molar-refractivity contribution in [3.63, 3.8) is 0 Å². The van der Waals surface area contributed by atoms with Crippen LogP contribution in [-0.4, -0.2) is 44.2 Å². The van der Waals surface area contributed by atoms with Crippen LogP contribution >= 0.6 is 0 Å². The average Bonchev–Trinajstić information content (AvgIpc) is 2.78. The van der Waals surface area contributed by atoms with Gasteiger partial charge in [-0.05, 0) is 61.2 Å². The Labute approximate surface area is 187 Å². The first-order chi connectivity index (χ1) is 15.3. The van der Waals surface area contributed by atoms with Crippen molar-refractivity contribution in [1.29, 1.82) is 0 Å². The second kappa shape index (κ2) is 12.1. The molecular formula is C23H28N4O5. The molecule has 2 rings (SSSR count). The van der Waals surface area contributed by atoms with E-state index in [4.69, 9.17) is 9.47 Å². The summed E-state index contributed by atoms with van der Waals surface area (Å²) in [7, 11) is 1.47. The summed E-state index contributed by atoms with van der Waals surface area (Å²) in [5.74, 6) is -1.12. The third kappa shape index (κ3) is 7.42. The van der Waals surface area contributed by atoms with Crippen molar-refractivity contribution < 1.29 is 23.9 Å². The number of anilines is 1. The number of hydrogen-bond donors (Lipinski definition) is 3. The van der Waals surface area contributed by atoms with E-state index in [1.807, 2.05) is 39.0 Å². The van der Waals surface area contributed by atoms with E-state index in [9.17, 15) is 14.4 Å². The predicted octanol–water partition coefficient (Wildman–Crippen LogP) is 2.31. The standard InChI is InChI=1S/C23H28N4O5/c1-5-10-24-22(29)23(30)27-25-13-17-8-9-19(20(12-17)31-4)32-14-21(28)26-18-11-15(2)6-7-16(18)3/h6-9,11-13H,5,10,14H2,1-4H3,(H,24,29)(H,26,28)(H,27,30)/b25-13-. The van der Waals surface area contributed by atoms with Gasteiger partial charge in [-0.3, -0.25) is 14.4 Å². The van der Waals surface area contributed by atoms with Gasteiger partial charge in [0.05, 0.1) is 13.3 Å². The fourth-order valence-electron chi connectivity index (χ4n) is 2.62. The Kier molecular flexibility index (Phi) is 9.22. The summed E-state index contributed by atoms with van der Waals surface area (Å²) < 4.78 is 10.9. The van der Waals surface area contributed by atoms with Crippen LogP contribution in [0.25, 0.3) is 0 Å². The summed E-state index contributed by atoms with van der Waals surface area (Å²) in [6, 6.07) is 10.7. The predicted molar refractivity (Wildman–Crippen MR) is 122 cm³/mol. The number of carbonyl (C=O) groups excluding carboxylic acids is 3. The molecule has 9 nitrogen and oxygen atoms in total. The lowest BCUT2D eigenvalue weighted by atomic mass is 10.1. The van der Waals surface area contributed by atoms with Crippen LogP contribution in [0.3, 0.4) is 0 Å². The zero-order valence-electron chi connectivity index (χ0n) is 18.7. The topological polar surface area (TPSA) is 118 Å². The summed E-state index contributed by atoms with van der Waals surface area (Å²) in [6.07, 6.45) is 2.09. The first kappa shape index (κ1) is 24.4. The van der Waals surface area contributed by atoms with Gasteiger partial charge in [0.25, 0.3) is 5.91 Å². The third-order valence-electron chi connectivity index (χ3n) is 4.34. The van der Waals surface area contributed by atoms with E-state index in [0.717, 1.165) is 23.2 Å². The molecule has 2 aromatic carbocycles. The lowest BCUT2D eigenvalue weighted by molar-refractivity contribution is -0.139. The van der Waals surface area contributed by atoms with Crippen molar-refractivity contribution in [2.45, 2.75) is 27.2 Å². The highest BCUT2D eigenvalue weighted by Crippen LogP contribution is 2.27. The molecule has 0 radical (unpaired) electrons. The number of rotatable bonds is 9. The van der Waals surface area contributed by atoms with Gasteiger partial charge in [0.15, 0.2) is 18.1 Å². The number of ether oxygens (including phenoxy) is 2. The Hall–Kier alpha value is -3.88. The first-order valence-electron chi connectivity index (χ1n) is 10.1. The Balaban J connectivity index is 1.93. The fourth-order valence-corrected chi connectivity index (χ4v) is 2.62. The number of nitrogens with one attached hydrogen (secondary N) is 3. The van der Waals surface area contributed by atoms with E-state index in [1.165, 1.54) is 13.3 Å². The van der Waals surface area contributed by atoms with E-state index >= 15 is 0 Å². The van der Waals surface area contributed by atoms with E-state index in [1.54, 1.807) is 18.2 Å². The number of hydrogen-bond acceptors (Lipinski definition) is 6. The summed E-state index contributed by atoms with van der Waals surface area (Å²) >= 11 is 0. The van der Waals surface area contributed by atoms with E-state index in [-0.39, 0.29) is 12.5 Å². The maximum absolute atomic E-state index is 12.3. The van der Waals surface area contributed by atoms with Crippen LogP contribution in [0.2, 0.25) is 0 Å². The third-order valence-corrected chi connectivity index (χ3v) is 4.34. The van der Waals surface area contributed by atoms with Gasteiger partial charge in [-0.2, -0.15) is 5.10 Å². The Bertz CT molecular complexity index is 1000. The monoisotopic (exact) mass is 440 g/mol. The summed E-state index contributed by atoms with van der Waals surface area (Å²) in [5, 5.41) is 9.05. The molecule has 170 valence electrons. The van der Waals surface area contributed by atoms with E-state index in [0.29, 0.717) is 23.6 Å². The molecule has 3 N–H and O–H groups in total. The lowest BCUT2D eigenvalue weighted by Gasteiger charge is -2.12. The van der Waals surface area contributed by atoms with Crippen LogP contribution in [-0.2, 0) is 14.4 Å². The average molecular weight is 441 g/mol. The molecule has 3 amide bonds. The van der Waals surface area contributed by atoms with Gasteiger partial charge in [-0.15, -0.1) is 0 Å². The van der Waals surface area contributed by atoms with Crippen molar-refractivity contribution in [2.24, 2.45) is 5.10 Å². The molecule has 0 heterocycles. The van der Waals surface area contributed by atoms with Crippen molar-refractivity contribution >= 4 is 29.6 Å². The Morgan fingerprint density at radius 3 is 2.53 bits per heavy atom. The summed E-state index contributed by atoms with van der Waals surface area (Å²) in [4.78, 5) is 35.4. The summed E-state index contributed by atoms with van der Waals surface area (Å²) in [5.41, 5.74) is 5.50. The normalized spacial score (nSPS) is 10.5. The smallest absolute Gasteiger partial charge is 0.329 e. The largest absolute Gasteiger partial charge is 0.493 e. The van der Waals surface area contributed by atoms with Crippen LogP contribution < -0.4 is 25.5 Å². The number of methoxy groups -OCH3 is 1. The highest BCUT2D eigenvalue weighted by Gasteiger charge is 2.12. The number of carbonyl (C=O) groups is 3. The zero-order chi connectivity index (χ0) is 23.5. The maximum atomic E-state index is 12.3. The molecular weight excluding hydrogens is 412 g/mol. The van der Waals surface area contributed by atoms with Gasteiger partial charge >= 0.3 is 11.8 Å². The molecule has 0 aliphatic carbocycles. The highest BCUT2D eigenvalue weighted by molar-refractivity contribution is 6.35. The SMILES string of the molecule is CCCNC(=O)C(=O)N/N=C\c1ccc(OCC(=O)Nc2cc(C)ccc2C)c(OC)c1. The van der Waals surface area contributed by atoms with Crippen molar-refractivity contribution in [2.75, 3.05) is 25.6 Å². The Morgan fingerprint density at radius 1 is 1.03 bits per heavy atom. The molecule has 2 aromatic rings. The number of aryl methyl sites for hydroxylation is 2. The minimum Gasteiger partial charge on any atom is -0.493 e. The van der Waals surface area contributed by atoms with E-state index < -0.39 is 11.8 Å². The van der Waals surface area contributed by atoms with Gasteiger partial charge in [-0.1, -0.05) is 19.1 Å². The van der Waals surface area contributed by atoms with Gasteiger partial charge in [-0.25, -0.2) is 5.43 Å². The van der Waals surface area contributed by atoms with Gasteiger partial charge in [0.2, 0.25) is 0 Å². The van der Waals surface area contributed by atoms with Gasteiger partial charge in [0.1, 0.15) is 0 Å². The van der Waals surface area contributed by atoms with Crippen LogP contribution in [0.15, 0.2) is 41.5 Å². The number of hydrazone groups is 1. The molecule has 0 saturated carbocycles. The van der Waals surface area contributed by atoms with Gasteiger partial charge < -0.3 is 20.1 Å². The quantitative estimate of drug-likeness (QED) is 0.314. The number of amides is 3. The van der Waals surface area contributed by atoms with Gasteiger partial charge in [0, 0.05) is 12.2 Å². The second-order valence-corrected chi connectivity index (χ2v) is 7.02. The minimum atomic E-state index is -0.850. The van der Waals surface area contributed by atoms with Crippen molar-refractivity contribution in [3.05, 3.63) is 53.1 Å². The molecule has 0 bridgehead atoms. The molecule has 0 saturated heterocycles. The molecule has 0 aromatic heterocycles. The number of benzene rings is 2. The minimum absolute atomic E-state index is 0.194. The second-order valence-electron chi connectivity index (χ2n) is 7.02. The van der Waals surface area contributed by atoms with Crippen molar-refractivity contribution in [3.8, 4) is 11.5 Å².